The maximum Gasteiger partial charge on any atom is 0.246 e. The predicted molar refractivity (Wildman–Crippen MR) is 79.6 cm³/mol. The predicted octanol–water partition coefficient (Wildman–Crippen LogP) is 2.22. The lowest BCUT2D eigenvalue weighted by Crippen LogP contribution is -2.50. The number of nitrogens with zero attached hydrogens (tertiary/aromatic N) is 2. The van der Waals surface area contributed by atoms with E-state index in [1.54, 1.807) is 9.80 Å². The van der Waals surface area contributed by atoms with Crippen molar-refractivity contribution in [2.45, 2.75) is 39.7 Å². The molecule has 1 aliphatic heterocycles. The van der Waals surface area contributed by atoms with E-state index in [9.17, 15) is 9.59 Å². The molecule has 0 bridgehead atoms. The Labute approximate surface area is 120 Å². The Balaban J connectivity index is 2.15. The van der Waals surface area contributed by atoms with Crippen LogP contribution in [0.1, 0.15) is 33.3 Å². The molecule has 0 saturated carbocycles. The number of fused-ring (bicyclic) bond motifs is 1. The molecule has 0 N–H and O–H groups in total. The zero-order valence-electron chi connectivity index (χ0n) is 12.6. The summed E-state index contributed by atoms with van der Waals surface area (Å²) in [4.78, 5) is 27.7. The summed E-state index contributed by atoms with van der Waals surface area (Å²) in [6, 6.07) is 7.95. The van der Waals surface area contributed by atoms with Crippen LogP contribution in [-0.4, -0.2) is 35.3 Å². The highest BCUT2D eigenvalue weighted by Gasteiger charge is 2.30. The van der Waals surface area contributed by atoms with Gasteiger partial charge in [0, 0.05) is 24.7 Å². The van der Waals surface area contributed by atoms with Gasteiger partial charge in [-0.25, -0.2) is 0 Å². The highest BCUT2D eigenvalue weighted by atomic mass is 16.2. The second-order valence-corrected chi connectivity index (χ2v) is 6.20. The van der Waals surface area contributed by atoms with E-state index < -0.39 is 0 Å². The topological polar surface area (TPSA) is 40.6 Å². The van der Waals surface area contributed by atoms with E-state index in [-0.39, 0.29) is 23.9 Å². The highest BCUT2D eigenvalue weighted by Crippen LogP contribution is 2.28. The van der Waals surface area contributed by atoms with Crippen LogP contribution in [0.3, 0.4) is 0 Å². The van der Waals surface area contributed by atoms with Gasteiger partial charge in [0.2, 0.25) is 11.8 Å². The van der Waals surface area contributed by atoms with Crippen LogP contribution >= 0.6 is 0 Å². The van der Waals surface area contributed by atoms with Crippen molar-refractivity contribution in [2.75, 3.05) is 18.0 Å². The largest absolute Gasteiger partial charge is 0.329 e. The van der Waals surface area contributed by atoms with Gasteiger partial charge in [-0.05, 0) is 38.8 Å². The first-order valence-electron chi connectivity index (χ1n) is 6.97. The molecule has 20 heavy (non-hydrogen) atoms. The molecule has 0 saturated heterocycles. The van der Waals surface area contributed by atoms with Gasteiger partial charge in [-0.2, -0.15) is 0 Å². The van der Waals surface area contributed by atoms with Gasteiger partial charge in [-0.1, -0.05) is 18.2 Å². The molecule has 0 fully saturated rings. The fourth-order valence-electron chi connectivity index (χ4n) is 2.64. The van der Waals surface area contributed by atoms with Crippen LogP contribution in [0, 0.1) is 0 Å². The number of benzene rings is 1. The fraction of sp³-hybridized carbons (Fsp3) is 0.500. The molecule has 1 aromatic carbocycles. The van der Waals surface area contributed by atoms with Crippen molar-refractivity contribution in [3.8, 4) is 0 Å². The first-order chi connectivity index (χ1) is 9.30. The van der Waals surface area contributed by atoms with E-state index in [2.05, 4.69) is 6.07 Å². The standard InChI is InChI=1S/C16H22N2O2/c1-12(19)18(16(2,3)4)11-15(20)17-10-9-13-7-5-6-8-14(13)17/h5-8H,9-11H2,1-4H3. The maximum absolute atomic E-state index is 12.5. The average Bonchev–Trinajstić information content (AvgIpc) is 2.77. The van der Waals surface area contributed by atoms with Gasteiger partial charge in [0.05, 0.1) is 0 Å². The molecule has 4 nitrogen and oxygen atoms in total. The number of hydrogen-bond donors (Lipinski definition) is 0. The van der Waals surface area contributed by atoms with Crippen LogP contribution in [0.4, 0.5) is 5.69 Å². The van der Waals surface area contributed by atoms with Crippen molar-refractivity contribution in [3.63, 3.8) is 0 Å². The number of para-hydroxylation sites is 1. The summed E-state index contributed by atoms with van der Waals surface area (Å²) in [5.74, 6) is -0.0848. The Morgan fingerprint density at radius 3 is 2.50 bits per heavy atom. The lowest BCUT2D eigenvalue weighted by molar-refractivity contribution is -0.138. The normalized spacial score (nSPS) is 14.1. The second-order valence-electron chi connectivity index (χ2n) is 6.20. The molecule has 108 valence electrons. The summed E-state index contributed by atoms with van der Waals surface area (Å²) in [7, 11) is 0. The molecule has 1 aliphatic rings. The SMILES string of the molecule is CC(=O)N(CC(=O)N1CCc2ccccc21)C(C)(C)C. The number of anilines is 1. The van der Waals surface area contributed by atoms with Crippen LogP contribution in [0.2, 0.25) is 0 Å². The third-order valence-electron chi connectivity index (χ3n) is 3.67. The van der Waals surface area contributed by atoms with E-state index in [4.69, 9.17) is 0 Å². The molecule has 0 spiro atoms. The summed E-state index contributed by atoms with van der Waals surface area (Å²) in [6.07, 6.45) is 0.886. The molecule has 1 aromatic rings. The minimum atomic E-state index is -0.346. The van der Waals surface area contributed by atoms with Crippen LogP contribution < -0.4 is 4.90 Å². The van der Waals surface area contributed by atoms with Crippen LogP contribution in [0.15, 0.2) is 24.3 Å². The first-order valence-corrected chi connectivity index (χ1v) is 6.97. The van der Waals surface area contributed by atoms with E-state index in [1.165, 1.54) is 12.5 Å². The molecule has 1 heterocycles. The van der Waals surface area contributed by atoms with Crippen molar-refractivity contribution in [2.24, 2.45) is 0 Å². The smallest absolute Gasteiger partial charge is 0.246 e. The van der Waals surface area contributed by atoms with E-state index >= 15 is 0 Å². The Kier molecular flexibility index (Phi) is 3.84. The number of rotatable bonds is 2. The Hall–Kier alpha value is -1.84. The second kappa shape index (κ2) is 5.27. The number of carbonyl (C=O) groups excluding carboxylic acids is 2. The van der Waals surface area contributed by atoms with Gasteiger partial charge >= 0.3 is 0 Å². The summed E-state index contributed by atoms with van der Waals surface area (Å²) < 4.78 is 0. The number of hydrogen-bond acceptors (Lipinski definition) is 2. The van der Waals surface area contributed by atoms with Gasteiger partial charge in [0.25, 0.3) is 0 Å². The van der Waals surface area contributed by atoms with Crippen molar-refractivity contribution in [1.82, 2.24) is 4.90 Å². The van der Waals surface area contributed by atoms with Crippen molar-refractivity contribution in [3.05, 3.63) is 29.8 Å². The third-order valence-corrected chi connectivity index (χ3v) is 3.67. The van der Waals surface area contributed by atoms with Crippen molar-refractivity contribution >= 4 is 17.5 Å². The zero-order chi connectivity index (χ0) is 14.9. The Morgan fingerprint density at radius 1 is 1.25 bits per heavy atom. The van der Waals surface area contributed by atoms with Gasteiger partial charge in [-0.3, -0.25) is 9.59 Å². The monoisotopic (exact) mass is 274 g/mol. The van der Waals surface area contributed by atoms with Gasteiger partial charge in [0.1, 0.15) is 6.54 Å². The van der Waals surface area contributed by atoms with Crippen molar-refractivity contribution in [1.29, 1.82) is 0 Å². The summed E-state index contributed by atoms with van der Waals surface area (Å²) >= 11 is 0. The summed E-state index contributed by atoms with van der Waals surface area (Å²) in [5.41, 5.74) is 1.83. The number of amides is 2. The van der Waals surface area contributed by atoms with Crippen LogP contribution in [0.5, 0.6) is 0 Å². The molecule has 0 unspecified atom stereocenters. The van der Waals surface area contributed by atoms with E-state index in [1.807, 2.05) is 39.0 Å². The molecule has 0 atom stereocenters. The quantitative estimate of drug-likeness (QED) is 0.829. The summed E-state index contributed by atoms with van der Waals surface area (Å²) in [5, 5.41) is 0. The molecular weight excluding hydrogens is 252 g/mol. The lowest BCUT2D eigenvalue weighted by Gasteiger charge is -2.35. The van der Waals surface area contributed by atoms with Gasteiger partial charge in [0.15, 0.2) is 0 Å². The molecule has 0 aliphatic carbocycles. The maximum atomic E-state index is 12.5. The third kappa shape index (κ3) is 2.84. The zero-order valence-corrected chi connectivity index (χ0v) is 12.6. The molecule has 4 heteroatoms. The molecule has 2 amide bonds. The molecule has 2 rings (SSSR count). The molecular formula is C16H22N2O2. The van der Waals surface area contributed by atoms with Gasteiger partial charge in [-0.15, -0.1) is 0 Å². The molecule has 0 aromatic heterocycles. The number of carbonyl (C=O) groups is 2. The van der Waals surface area contributed by atoms with E-state index in [0.29, 0.717) is 6.54 Å². The lowest BCUT2D eigenvalue weighted by atomic mass is 10.1. The highest BCUT2D eigenvalue weighted by molar-refractivity contribution is 5.98. The summed E-state index contributed by atoms with van der Waals surface area (Å²) in [6.45, 7) is 8.18. The Morgan fingerprint density at radius 2 is 1.90 bits per heavy atom. The Bertz CT molecular complexity index is 532. The van der Waals surface area contributed by atoms with Crippen LogP contribution in [0.25, 0.3) is 0 Å². The average molecular weight is 274 g/mol. The first kappa shape index (κ1) is 14.6. The molecule has 0 radical (unpaired) electrons. The fourth-order valence-corrected chi connectivity index (χ4v) is 2.64. The minimum Gasteiger partial charge on any atom is -0.329 e. The van der Waals surface area contributed by atoms with Crippen LogP contribution in [-0.2, 0) is 16.0 Å². The van der Waals surface area contributed by atoms with Crippen molar-refractivity contribution < 1.29 is 9.59 Å². The minimum absolute atomic E-state index is 0.0138. The van der Waals surface area contributed by atoms with Gasteiger partial charge < -0.3 is 9.80 Å². The van der Waals surface area contributed by atoms with E-state index in [0.717, 1.165) is 12.1 Å².